The maximum absolute atomic E-state index is 12.8. The number of anilines is 2. The van der Waals surface area contributed by atoms with E-state index in [2.05, 4.69) is 35.2 Å². The first-order valence-corrected chi connectivity index (χ1v) is 9.81. The number of ether oxygens (including phenoxy) is 2. The van der Waals surface area contributed by atoms with Crippen molar-refractivity contribution in [2.75, 3.05) is 18.2 Å². The molecule has 0 aliphatic rings. The number of hydrogen-bond acceptors (Lipinski definition) is 10. The Morgan fingerprint density at radius 2 is 2.10 bits per heavy atom. The molecule has 3 aromatic heterocycles. The second-order valence-electron chi connectivity index (χ2n) is 6.23. The molecule has 3 heterocycles. The van der Waals surface area contributed by atoms with E-state index in [1.807, 2.05) is 20.8 Å². The van der Waals surface area contributed by atoms with Crippen LogP contribution in [-0.2, 0) is 4.79 Å². The van der Waals surface area contributed by atoms with Gasteiger partial charge in [0.15, 0.2) is 11.4 Å². The Hall–Kier alpha value is -3.15. The molecule has 29 heavy (non-hydrogen) atoms. The minimum Gasteiger partial charge on any atom is -0.490 e. The van der Waals surface area contributed by atoms with Gasteiger partial charge in [-0.3, -0.25) is 10.1 Å². The van der Waals surface area contributed by atoms with Gasteiger partial charge in [0.25, 0.3) is 5.88 Å². The molecule has 0 fully saturated rings. The molecule has 12 heteroatoms. The molecule has 3 rings (SSSR count). The van der Waals surface area contributed by atoms with Gasteiger partial charge in [0.05, 0.1) is 31.0 Å². The number of fused-ring (bicyclic) bond motifs is 1. The molecule has 11 nitrogen and oxygen atoms in total. The number of amides is 1. The number of rotatable bonds is 8. The molecule has 0 spiro atoms. The van der Waals surface area contributed by atoms with Gasteiger partial charge in [0, 0.05) is 0 Å². The standard InChI is InChI=1S/C17H22N8O3S/c1-5-10(29-15-11-12(21-7-20-11)22-16(18)25-15)13(26)23-17-19-6-9(27-4)14(24-17)28-8(2)3/h6-8,10H,5H2,1-4H3,(H,19,23,24,26)(H3,18,20,21,22,25)/t10-/m0/s1. The lowest BCUT2D eigenvalue weighted by Gasteiger charge is -2.15. The predicted octanol–water partition coefficient (Wildman–Crippen LogP) is 2.03. The fourth-order valence-electron chi connectivity index (χ4n) is 2.42. The van der Waals surface area contributed by atoms with Crippen molar-refractivity contribution >= 4 is 40.7 Å². The predicted molar refractivity (Wildman–Crippen MR) is 109 cm³/mol. The number of carbonyl (C=O) groups is 1. The van der Waals surface area contributed by atoms with Crippen LogP contribution in [0.15, 0.2) is 17.6 Å². The summed E-state index contributed by atoms with van der Waals surface area (Å²) in [4.78, 5) is 36.5. The average molecular weight is 418 g/mol. The highest BCUT2D eigenvalue weighted by Gasteiger charge is 2.23. The van der Waals surface area contributed by atoms with E-state index in [0.29, 0.717) is 28.4 Å². The number of hydrogen-bond donors (Lipinski definition) is 3. The van der Waals surface area contributed by atoms with Gasteiger partial charge < -0.3 is 20.2 Å². The van der Waals surface area contributed by atoms with Gasteiger partial charge >= 0.3 is 0 Å². The second-order valence-corrected chi connectivity index (χ2v) is 7.42. The molecule has 1 amide bonds. The first kappa shape index (κ1) is 20.6. The van der Waals surface area contributed by atoms with Crippen LogP contribution in [0.25, 0.3) is 11.2 Å². The summed E-state index contributed by atoms with van der Waals surface area (Å²) < 4.78 is 10.8. The summed E-state index contributed by atoms with van der Waals surface area (Å²) in [5.41, 5.74) is 6.83. The molecule has 0 saturated carbocycles. The fourth-order valence-corrected chi connectivity index (χ4v) is 3.44. The van der Waals surface area contributed by atoms with Crippen molar-refractivity contribution in [1.82, 2.24) is 29.9 Å². The third-order valence-electron chi connectivity index (χ3n) is 3.71. The lowest BCUT2D eigenvalue weighted by atomic mass is 10.3. The van der Waals surface area contributed by atoms with Crippen LogP contribution in [-0.4, -0.2) is 54.3 Å². The quantitative estimate of drug-likeness (QED) is 0.365. The van der Waals surface area contributed by atoms with Crippen LogP contribution in [0.4, 0.5) is 11.9 Å². The Bertz CT molecular complexity index is 1010. The van der Waals surface area contributed by atoms with Crippen LogP contribution in [0.1, 0.15) is 27.2 Å². The van der Waals surface area contributed by atoms with Crippen LogP contribution in [0.5, 0.6) is 11.6 Å². The molecule has 1 atom stereocenters. The molecule has 0 aliphatic heterocycles. The summed E-state index contributed by atoms with van der Waals surface area (Å²) in [5.74, 6) is 0.589. The number of methoxy groups -OCH3 is 1. The number of nitrogens with one attached hydrogen (secondary N) is 2. The molecule has 154 valence electrons. The normalized spacial score (nSPS) is 12.2. The Balaban J connectivity index is 1.78. The maximum atomic E-state index is 12.8. The van der Waals surface area contributed by atoms with Crippen LogP contribution in [0, 0.1) is 0 Å². The molecule has 4 N–H and O–H groups in total. The van der Waals surface area contributed by atoms with Gasteiger partial charge in [0.2, 0.25) is 17.8 Å². The Labute approximate surface area is 171 Å². The highest BCUT2D eigenvalue weighted by atomic mass is 32.2. The molecule has 0 aromatic carbocycles. The van der Waals surface area contributed by atoms with E-state index in [-0.39, 0.29) is 29.8 Å². The van der Waals surface area contributed by atoms with E-state index in [1.54, 1.807) is 0 Å². The summed E-state index contributed by atoms with van der Waals surface area (Å²) >= 11 is 1.26. The number of thioether (sulfide) groups is 1. The van der Waals surface area contributed by atoms with Gasteiger partial charge in [-0.1, -0.05) is 18.7 Å². The third kappa shape index (κ3) is 4.83. The number of imidazole rings is 1. The number of H-pyrrole nitrogens is 1. The molecule has 0 bridgehead atoms. The van der Waals surface area contributed by atoms with Crippen molar-refractivity contribution in [1.29, 1.82) is 0 Å². The Kier molecular flexibility index (Phi) is 6.32. The number of aromatic amines is 1. The highest BCUT2D eigenvalue weighted by Crippen LogP contribution is 2.30. The number of carbonyl (C=O) groups excluding carboxylic acids is 1. The summed E-state index contributed by atoms with van der Waals surface area (Å²) in [7, 11) is 1.50. The van der Waals surface area contributed by atoms with E-state index in [0.717, 1.165) is 0 Å². The van der Waals surface area contributed by atoms with E-state index >= 15 is 0 Å². The van der Waals surface area contributed by atoms with Crippen LogP contribution < -0.4 is 20.5 Å². The molecule has 3 aromatic rings. The van der Waals surface area contributed by atoms with Crippen molar-refractivity contribution in [2.24, 2.45) is 0 Å². The summed E-state index contributed by atoms with van der Waals surface area (Å²) in [6, 6.07) is 0. The smallest absolute Gasteiger partial charge is 0.262 e. The molecular weight excluding hydrogens is 396 g/mol. The topological polar surface area (TPSA) is 154 Å². The lowest BCUT2D eigenvalue weighted by Crippen LogP contribution is -2.26. The SMILES string of the molecule is CC[C@H](Sc1nc(N)nc2nc[nH]c12)C(=O)Nc1ncc(OC)c(OC(C)C)n1. The molecule has 0 aliphatic carbocycles. The van der Waals surface area contributed by atoms with Crippen LogP contribution in [0.3, 0.4) is 0 Å². The van der Waals surface area contributed by atoms with Crippen LogP contribution >= 0.6 is 11.8 Å². The van der Waals surface area contributed by atoms with Crippen molar-refractivity contribution in [3.05, 3.63) is 12.5 Å². The minimum absolute atomic E-state index is 0.0938. The Morgan fingerprint density at radius 3 is 2.79 bits per heavy atom. The minimum atomic E-state index is -0.462. The van der Waals surface area contributed by atoms with Crippen molar-refractivity contribution in [3.63, 3.8) is 0 Å². The monoisotopic (exact) mass is 418 g/mol. The Morgan fingerprint density at radius 1 is 1.31 bits per heavy atom. The third-order valence-corrected chi connectivity index (χ3v) is 5.06. The molecular formula is C17H22N8O3S. The summed E-state index contributed by atoms with van der Waals surface area (Å²) in [6.45, 7) is 5.63. The summed E-state index contributed by atoms with van der Waals surface area (Å²) in [5, 5.41) is 2.80. The van der Waals surface area contributed by atoms with Crippen molar-refractivity contribution in [3.8, 4) is 11.6 Å². The second kappa shape index (κ2) is 8.90. The average Bonchev–Trinajstić information content (AvgIpc) is 3.14. The van der Waals surface area contributed by atoms with Crippen LogP contribution in [0.2, 0.25) is 0 Å². The zero-order valence-corrected chi connectivity index (χ0v) is 17.3. The number of nitrogen functional groups attached to an aromatic ring is 1. The zero-order chi connectivity index (χ0) is 21.0. The fraction of sp³-hybridized carbons (Fsp3) is 0.412. The van der Waals surface area contributed by atoms with E-state index in [1.165, 1.54) is 31.4 Å². The maximum Gasteiger partial charge on any atom is 0.262 e. The van der Waals surface area contributed by atoms with Gasteiger partial charge in [-0.15, -0.1) is 0 Å². The molecule has 0 saturated heterocycles. The lowest BCUT2D eigenvalue weighted by molar-refractivity contribution is -0.115. The molecule has 0 unspecified atom stereocenters. The van der Waals surface area contributed by atoms with Gasteiger partial charge in [-0.05, 0) is 20.3 Å². The van der Waals surface area contributed by atoms with Gasteiger partial charge in [-0.25, -0.2) is 15.0 Å². The summed E-state index contributed by atoms with van der Waals surface area (Å²) in [6.07, 6.45) is 3.39. The van der Waals surface area contributed by atoms with E-state index < -0.39 is 5.25 Å². The van der Waals surface area contributed by atoms with E-state index in [9.17, 15) is 4.79 Å². The van der Waals surface area contributed by atoms with E-state index in [4.69, 9.17) is 15.2 Å². The highest BCUT2D eigenvalue weighted by molar-refractivity contribution is 8.00. The van der Waals surface area contributed by atoms with Crippen molar-refractivity contribution in [2.45, 2.75) is 43.6 Å². The number of nitrogens with zero attached hydrogens (tertiary/aromatic N) is 5. The molecule has 0 radical (unpaired) electrons. The van der Waals surface area contributed by atoms with Crippen molar-refractivity contribution < 1.29 is 14.3 Å². The van der Waals surface area contributed by atoms with Gasteiger partial charge in [-0.2, -0.15) is 9.97 Å². The zero-order valence-electron chi connectivity index (χ0n) is 16.5. The first-order chi connectivity index (χ1) is 13.9. The van der Waals surface area contributed by atoms with Gasteiger partial charge in [0.1, 0.15) is 10.5 Å². The largest absolute Gasteiger partial charge is 0.490 e. The first-order valence-electron chi connectivity index (χ1n) is 8.93. The number of nitrogens with two attached hydrogens (primary N) is 1. The number of aromatic nitrogens is 6.